The molecule has 0 aliphatic rings. The average molecular weight is 140 g/mol. The number of rotatable bonds is 4. The number of hydrogen-bond donors (Lipinski definition) is 0. The largest absolute Gasteiger partial charge is 0.127 e. The van der Waals surface area contributed by atoms with Crippen LogP contribution in [0.5, 0.6) is 0 Å². The van der Waals surface area contributed by atoms with Crippen LogP contribution in [0.15, 0.2) is 36.3 Å². The smallest absolute Gasteiger partial charge is 0.0000137 e. The maximum Gasteiger partial charge on any atom is -0.0000137 e. The van der Waals surface area contributed by atoms with Crippen LogP contribution in [0.25, 0.3) is 0 Å². The first-order valence-electron chi connectivity index (χ1n) is 2.92. The highest BCUT2D eigenvalue weighted by Crippen LogP contribution is 2.12. The van der Waals surface area contributed by atoms with E-state index in [1.165, 1.54) is 0 Å². The van der Waals surface area contributed by atoms with Crippen molar-refractivity contribution in [1.29, 1.82) is 0 Å². The van der Waals surface area contributed by atoms with Crippen molar-refractivity contribution in [3.05, 3.63) is 36.3 Å². The molecule has 0 aromatic rings. The molecular formula is C8H12S. The van der Waals surface area contributed by atoms with E-state index in [0.717, 1.165) is 10.7 Å². The first-order chi connectivity index (χ1) is 4.31. The van der Waals surface area contributed by atoms with Crippen LogP contribution in [0.1, 0.15) is 6.92 Å². The van der Waals surface area contributed by atoms with Gasteiger partial charge in [-0.05, 0) is 16.7 Å². The third-order valence-electron chi connectivity index (χ3n) is 0.748. The molecule has 0 aromatic heterocycles. The van der Waals surface area contributed by atoms with E-state index in [1.54, 1.807) is 17.8 Å². The van der Waals surface area contributed by atoms with E-state index in [-0.39, 0.29) is 0 Å². The van der Waals surface area contributed by atoms with E-state index in [1.807, 2.05) is 12.2 Å². The molecule has 0 saturated carbocycles. The van der Waals surface area contributed by atoms with E-state index >= 15 is 0 Å². The molecule has 0 atom stereocenters. The Morgan fingerprint density at radius 1 is 1.67 bits per heavy atom. The third kappa shape index (κ3) is 5.44. The Morgan fingerprint density at radius 3 is 2.78 bits per heavy atom. The van der Waals surface area contributed by atoms with Crippen molar-refractivity contribution in [2.24, 2.45) is 0 Å². The van der Waals surface area contributed by atoms with Gasteiger partial charge in [0.1, 0.15) is 0 Å². The van der Waals surface area contributed by atoms with E-state index in [0.29, 0.717) is 0 Å². The molecule has 0 nitrogen and oxygen atoms in total. The minimum absolute atomic E-state index is 1.08. The average Bonchev–Trinajstić information content (AvgIpc) is 1.85. The van der Waals surface area contributed by atoms with Crippen molar-refractivity contribution in [3.8, 4) is 0 Å². The van der Waals surface area contributed by atoms with Gasteiger partial charge in [0.15, 0.2) is 0 Å². The van der Waals surface area contributed by atoms with Crippen molar-refractivity contribution < 1.29 is 0 Å². The summed E-state index contributed by atoms with van der Waals surface area (Å²) in [7, 11) is 0. The molecular weight excluding hydrogens is 128 g/mol. The van der Waals surface area contributed by atoms with E-state index in [4.69, 9.17) is 0 Å². The Hall–Kier alpha value is -0.430. The molecule has 0 fully saturated rings. The summed E-state index contributed by atoms with van der Waals surface area (Å²) < 4.78 is 0. The normalized spacial score (nSPS) is 9.89. The highest BCUT2D eigenvalue weighted by Gasteiger charge is 1.82. The summed E-state index contributed by atoms with van der Waals surface area (Å²) in [6.07, 6.45) is 5.60. The fourth-order valence-electron chi connectivity index (χ4n) is 0.409. The first kappa shape index (κ1) is 8.57. The Morgan fingerprint density at radius 2 is 2.33 bits per heavy atom. The van der Waals surface area contributed by atoms with Gasteiger partial charge in [-0.15, -0.1) is 11.8 Å². The second kappa shape index (κ2) is 5.70. The molecule has 0 rings (SSSR count). The van der Waals surface area contributed by atoms with Crippen molar-refractivity contribution >= 4 is 11.8 Å². The summed E-state index contributed by atoms with van der Waals surface area (Å²) in [5.41, 5.74) is 0. The Bertz CT molecular complexity index is 123. The van der Waals surface area contributed by atoms with Crippen LogP contribution in [0.4, 0.5) is 0 Å². The lowest BCUT2D eigenvalue weighted by molar-refractivity contribution is 1.53. The third-order valence-corrected chi connectivity index (χ3v) is 1.54. The maximum atomic E-state index is 3.81. The SMILES string of the molecule is C=C/C=C\C(=C)SCC. The van der Waals surface area contributed by atoms with E-state index in [2.05, 4.69) is 20.1 Å². The van der Waals surface area contributed by atoms with Crippen LogP contribution in [0.3, 0.4) is 0 Å². The van der Waals surface area contributed by atoms with Gasteiger partial charge < -0.3 is 0 Å². The van der Waals surface area contributed by atoms with E-state index < -0.39 is 0 Å². The van der Waals surface area contributed by atoms with E-state index in [9.17, 15) is 0 Å². The number of hydrogen-bond acceptors (Lipinski definition) is 1. The Kier molecular flexibility index (Phi) is 5.43. The van der Waals surface area contributed by atoms with Gasteiger partial charge in [0.25, 0.3) is 0 Å². The van der Waals surface area contributed by atoms with Crippen LogP contribution >= 0.6 is 11.8 Å². The number of thioether (sulfide) groups is 1. The molecule has 0 heterocycles. The predicted octanol–water partition coefficient (Wildman–Crippen LogP) is 3.00. The quantitative estimate of drug-likeness (QED) is 0.541. The lowest BCUT2D eigenvalue weighted by atomic mass is 10.5. The molecule has 9 heavy (non-hydrogen) atoms. The van der Waals surface area contributed by atoms with Gasteiger partial charge in [-0.2, -0.15) is 0 Å². The lowest BCUT2D eigenvalue weighted by Gasteiger charge is -1.91. The van der Waals surface area contributed by atoms with Gasteiger partial charge in [0, 0.05) is 0 Å². The lowest BCUT2D eigenvalue weighted by Crippen LogP contribution is -1.66. The fraction of sp³-hybridized carbons (Fsp3) is 0.250. The predicted molar refractivity (Wildman–Crippen MR) is 46.6 cm³/mol. The second-order valence-electron chi connectivity index (χ2n) is 1.49. The van der Waals surface area contributed by atoms with Gasteiger partial charge in [-0.25, -0.2) is 0 Å². The van der Waals surface area contributed by atoms with Gasteiger partial charge in [-0.1, -0.05) is 32.2 Å². The molecule has 0 spiro atoms. The second-order valence-corrected chi connectivity index (χ2v) is 2.88. The van der Waals surface area contributed by atoms with Crippen molar-refractivity contribution in [3.63, 3.8) is 0 Å². The zero-order chi connectivity index (χ0) is 7.11. The summed E-state index contributed by atoms with van der Waals surface area (Å²) in [4.78, 5) is 1.09. The molecule has 0 aliphatic carbocycles. The van der Waals surface area contributed by atoms with Gasteiger partial charge in [-0.3, -0.25) is 0 Å². The summed E-state index contributed by atoms with van der Waals surface area (Å²) >= 11 is 1.74. The molecule has 1 heteroatoms. The summed E-state index contributed by atoms with van der Waals surface area (Å²) in [5, 5.41) is 0. The van der Waals surface area contributed by atoms with Crippen molar-refractivity contribution in [2.75, 3.05) is 5.75 Å². The van der Waals surface area contributed by atoms with Crippen LogP contribution in [0, 0.1) is 0 Å². The summed E-state index contributed by atoms with van der Waals surface area (Å²) in [5.74, 6) is 1.08. The minimum atomic E-state index is 1.08. The molecule has 0 aromatic carbocycles. The summed E-state index contributed by atoms with van der Waals surface area (Å²) in [6.45, 7) is 9.47. The molecule has 0 unspecified atom stereocenters. The Balaban J connectivity index is 3.49. The molecule has 0 N–H and O–H groups in total. The zero-order valence-corrected chi connectivity index (χ0v) is 6.58. The van der Waals surface area contributed by atoms with Gasteiger partial charge in [0.2, 0.25) is 0 Å². The van der Waals surface area contributed by atoms with Crippen LogP contribution in [-0.2, 0) is 0 Å². The topological polar surface area (TPSA) is 0 Å². The Labute approximate surface area is 61.3 Å². The monoisotopic (exact) mass is 140 g/mol. The molecule has 0 amide bonds. The first-order valence-corrected chi connectivity index (χ1v) is 3.90. The van der Waals surface area contributed by atoms with Crippen LogP contribution in [0.2, 0.25) is 0 Å². The van der Waals surface area contributed by atoms with Gasteiger partial charge in [0.05, 0.1) is 0 Å². The molecule has 50 valence electrons. The molecule has 0 saturated heterocycles. The highest BCUT2D eigenvalue weighted by atomic mass is 32.2. The minimum Gasteiger partial charge on any atom is -0.127 e. The number of allylic oxidation sites excluding steroid dienone is 3. The molecule has 0 bridgehead atoms. The zero-order valence-electron chi connectivity index (χ0n) is 5.76. The molecule has 0 aliphatic heterocycles. The maximum absolute atomic E-state index is 3.81. The molecule has 0 radical (unpaired) electrons. The van der Waals surface area contributed by atoms with Crippen LogP contribution in [-0.4, -0.2) is 5.75 Å². The van der Waals surface area contributed by atoms with Crippen LogP contribution < -0.4 is 0 Å². The summed E-state index contributed by atoms with van der Waals surface area (Å²) in [6, 6.07) is 0. The van der Waals surface area contributed by atoms with Gasteiger partial charge >= 0.3 is 0 Å². The van der Waals surface area contributed by atoms with Crippen molar-refractivity contribution in [2.45, 2.75) is 6.92 Å². The van der Waals surface area contributed by atoms with Crippen molar-refractivity contribution in [1.82, 2.24) is 0 Å². The fourth-order valence-corrected chi connectivity index (χ4v) is 0.954. The standard InChI is InChI=1S/C8H12S/c1-4-6-7-8(3)9-5-2/h4,6-7H,1,3,5H2,2H3/b7-6-. The highest BCUT2D eigenvalue weighted by molar-refractivity contribution is 8.03.